The minimum atomic E-state index is -4.55. The monoisotopic (exact) mass is 326 g/mol. The summed E-state index contributed by atoms with van der Waals surface area (Å²) in [5.41, 5.74) is -0.851. The predicted molar refractivity (Wildman–Crippen MR) is 78.2 cm³/mol. The van der Waals surface area contributed by atoms with Gasteiger partial charge in [0, 0.05) is 12.1 Å². The van der Waals surface area contributed by atoms with Crippen molar-refractivity contribution < 1.29 is 22.4 Å². The second-order valence-electron chi connectivity index (χ2n) is 4.79. The molecule has 0 bridgehead atoms. The third-order valence-corrected chi connectivity index (χ3v) is 3.07. The van der Waals surface area contributed by atoms with Crippen LogP contribution in [0.4, 0.5) is 23.2 Å². The van der Waals surface area contributed by atoms with E-state index in [2.05, 4.69) is 10.6 Å². The van der Waals surface area contributed by atoms with Gasteiger partial charge in [-0.2, -0.15) is 13.2 Å². The number of alkyl halides is 3. The summed E-state index contributed by atoms with van der Waals surface area (Å²) in [4.78, 5) is 11.7. The number of para-hydroxylation sites is 1. The summed E-state index contributed by atoms with van der Waals surface area (Å²) in [6.07, 6.45) is -4.55. The van der Waals surface area contributed by atoms with E-state index < -0.39 is 23.5 Å². The molecule has 0 saturated heterocycles. The maximum atomic E-state index is 13.4. The van der Waals surface area contributed by atoms with Gasteiger partial charge in [0.15, 0.2) is 0 Å². The molecule has 23 heavy (non-hydrogen) atoms. The zero-order valence-electron chi connectivity index (χ0n) is 12.0. The molecule has 3 nitrogen and oxygen atoms in total. The molecule has 0 fully saturated rings. The quantitative estimate of drug-likeness (QED) is 0.825. The lowest BCUT2D eigenvalue weighted by Crippen LogP contribution is -2.28. The van der Waals surface area contributed by atoms with Crippen LogP contribution in [0.3, 0.4) is 0 Å². The Hall–Kier alpha value is -2.41. The largest absolute Gasteiger partial charge is 0.418 e. The molecule has 0 aliphatic heterocycles. The van der Waals surface area contributed by atoms with Gasteiger partial charge in [0.05, 0.1) is 17.8 Å². The van der Waals surface area contributed by atoms with Crippen molar-refractivity contribution in [2.75, 3.05) is 11.9 Å². The van der Waals surface area contributed by atoms with E-state index in [4.69, 9.17) is 0 Å². The summed E-state index contributed by atoms with van der Waals surface area (Å²) in [5, 5.41) is 4.89. The molecule has 2 aromatic carbocycles. The Balaban J connectivity index is 1.92. The second-order valence-corrected chi connectivity index (χ2v) is 4.79. The van der Waals surface area contributed by atoms with Crippen molar-refractivity contribution in [3.05, 3.63) is 65.5 Å². The summed E-state index contributed by atoms with van der Waals surface area (Å²) in [7, 11) is 0. The van der Waals surface area contributed by atoms with E-state index in [1.165, 1.54) is 24.3 Å². The summed E-state index contributed by atoms with van der Waals surface area (Å²) in [5.74, 6) is -1.05. The van der Waals surface area contributed by atoms with Gasteiger partial charge in [-0.1, -0.05) is 30.3 Å². The van der Waals surface area contributed by atoms with Crippen LogP contribution in [0, 0.1) is 5.82 Å². The zero-order valence-corrected chi connectivity index (χ0v) is 12.0. The van der Waals surface area contributed by atoms with Crippen LogP contribution in [0.15, 0.2) is 48.5 Å². The van der Waals surface area contributed by atoms with E-state index in [0.717, 1.165) is 6.07 Å². The first kappa shape index (κ1) is 17.0. The van der Waals surface area contributed by atoms with Crippen LogP contribution in [0.5, 0.6) is 0 Å². The maximum Gasteiger partial charge on any atom is 0.418 e. The zero-order chi connectivity index (χ0) is 16.9. The Morgan fingerprint density at radius 1 is 1.00 bits per heavy atom. The number of anilines is 1. The second kappa shape index (κ2) is 7.23. The van der Waals surface area contributed by atoms with E-state index in [-0.39, 0.29) is 18.8 Å². The van der Waals surface area contributed by atoms with E-state index in [9.17, 15) is 22.4 Å². The van der Waals surface area contributed by atoms with Gasteiger partial charge in [-0.25, -0.2) is 4.39 Å². The lowest BCUT2D eigenvalue weighted by atomic mass is 10.1. The Kier molecular flexibility index (Phi) is 5.33. The molecule has 0 heterocycles. The van der Waals surface area contributed by atoms with Gasteiger partial charge in [-0.05, 0) is 18.2 Å². The summed E-state index contributed by atoms with van der Waals surface area (Å²) in [6, 6.07) is 10.8. The van der Waals surface area contributed by atoms with Gasteiger partial charge in [0.2, 0.25) is 5.91 Å². The average Bonchev–Trinajstić information content (AvgIpc) is 2.49. The summed E-state index contributed by atoms with van der Waals surface area (Å²) in [6.45, 7) is -0.137. The van der Waals surface area contributed by atoms with Crippen molar-refractivity contribution >= 4 is 11.6 Å². The number of carbonyl (C=O) groups excluding carboxylic acids is 1. The molecule has 122 valence electrons. The lowest BCUT2D eigenvalue weighted by molar-refractivity contribution is -0.137. The van der Waals surface area contributed by atoms with Crippen molar-refractivity contribution in [3.8, 4) is 0 Å². The highest BCUT2D eigenvalue weighted by Gasteiger charge is 2.33. The van der Waals surface area contributed by atoms with E-state index in [1.54, 1.807) is 18.2 Å². The smallest absolute Gasteiger partial charge is 0.324 e. The Morgan fingerprint density at radius 2 is 1.65 bits per heavy atom. The molecule has 2 rings (SSSR count). The van der Waals surface area contributed by atoms with Crippen LogP contribution < -0.4 is 10.6 Å². The molecule has 0 radical (unpaired) electrons. The molecule has 1 amide bonds. The molecular weight excluding hydrogens is 312 g/mol. The van der Waals surface area contributed by atoms with Crippen molar-refractivity contribution in [3.63, 3.8) is 0 Å². The maximum absolute atomic E-state index is 13.4. The molecule has 2 N–H and O–H groups in total. The highest BCUT2D eigenvalue weighted by atomic mass is 19.4. The van der Waals surface area contributed by atoms with Crippen molar-refractivity contribution in [1.29, 1.82) is 0 Å². The third kappa shape index (κ3) is 4.79. The normalized spacial score (nSPS) is 11.3. The SMILES string of the molecule is O=C(CNCc1ccccc1F)Nc1ccccc1C(F)(F)F. The topological polar surface area (TPSA) is 41.1 Å². The Bertz CT molecular complexity index is 686. The summed E-state index contributed by atoms with van der Waals surface area (Å²) < 4.78 is 51.8. The fraction of sp³-hybridized carbons (Fsp3) is 0.188. The number of amides is 1. The molecule has 0 atom stereocenters. The van der Waals surface area contributed by atoms with Crippen LogP contribution in [-0.2, 0) is 17.5 Å². The van der Waals surface area contributed by atoms with E-state index in [0.29, 0.717) is 5.56 Å². The van der Waals surface area contributed by atoms with Crippen molar-refractivity contribution in [2.24, 2.45) is 0 Å². The van der Waals surface area contributed by atoms with Gasteiger partial charge < -0.3 is 10.6 Å². The van der Waals surface area contributed by atoms with Gasteiger partial charge in [-0.3, -0.25) is 4.79 Å². The number of hydrogen-bond donors (Lipinski definition) is 2. The number of halogens is 4. The lowest BCUT2D eigenvalue weighted by Gasteiger charge is -2.13. The fourth-order valence-corrected chi connectivity index (χ4v) is 1.99. The van der Waals surface area contributed by atoms with Gasteiger partial charge in [0.25, 0.3) is 0 Å². The third-order valence-electron chi connectivity index (χ3n) is 3.07. The fourth-order valence-electron chi connectivity index (χ4n) is 1.99. The van der Waals surface area contributed by atoms with Gasteiger partial charge in [0.1, 0.15) is 5.82 Å². The van der Waals surface area contributed by atoms with Crippen LogP contribution >= 0.6 is 0 Å². The number of benzene rings is 2. The molecule has 7 heteroatoms. The van der Waals surface area contributed by atoms with Crippen LogP contribution in [0.1, 0.15) is 11.1 Å². The Labute approximate surface area is 130 Å². The van der Waals surface area contributed by atoms with E-state index >= 15 is 0 Å². The van der Waals surface area contributed by atoms with Crippen LogP contribution in [0.25, 0.3) is 0 Å². The first-order valence-electron chi connectivity index (χ1n) is 6.78. The minimum Gasteiger partial charge on any atom is -0.324 e. The summed E-state index contributed by atoms with van der Waals surface area (Å²) >= 11 is 0. The van der Waals surface area contributed by atoms with Gasteiger partial charge in [-0.15, -0.1) is 0 Å². The minimum absolute atomic E-state index is 0.0982. The number of rotatable bonds is 5. The molecule has 0 spiro atoms. The van der Waals surface area contributed by atoms with Crippen molar-refractivity contribution in [2.45, 2.75) is 12.7 Å². The molecule has 2 aromatic rings. The first-order valence-corrected chi connectivity index (χ1v) is 6.78. The van der Waals surface area contributed by atoms with Crippen LogP contribution in [0.2, 0.25) is 0 Å². The molecule has 0 aliphatic rings. The molecule has 0 aliphatic carbocycles. The number of hydrogen-bond acceptors (Lipinski definition) is 2. The average molecular weight is 326 g/mol. The molecular formula is C16H14F4N2O. The first-order chi connectivity index (χ1) is 10.9. The standard InChI is InChI=1S/C16H14F4N2O/c17-13-7-3-1-5-11(13)9-21-10-15(23)22-14-8-4-2-6-12(14)16(18,19)20/h1-8,21H,9-10H2,(H,22,23). The molecule has 0 saturated carbocycles. The number of nitrogens with one attached hydrogen (secondary N) is 2. The van der Waals surface area contributed by atoms with Gasteiger partial charge >= 0.3 is 6.18 Å². The predicted octanol–water partition coefficient (Wildman–Crippen LogP) is 3.57. The van der Waals surface area contributed by atoms with E-state index in [1.807, 2.05) is 0 Å². The molecule has 0 aromatic heterocycles. The number of carbonyl (C=O) groups is 1. The highest BCUT2D eigenvalue weighted by molar-refractivity contribution is 5.93. The Morgan fingerprint density at radius 3 is 2.35 bits per heavy atom. The highest BCUT2D eigenvalue weighted by Crippen LogP contribution is 2.34. The van der Waals surface area contributed by atoms with Crippen molar-refractivity contribution in [1.82, 2.24) is 5.32 Å². The molecule has 0 unspecified atom stereocenters. The van der Waals surface area contributed by atoms with Crippen LogP contribution in [-0.4, -0.2) is 12.5 Å².